The molecule has 1 fully saturated rings. The van der Waals surface area contributed by atoms with Crippen molar-refractivity contribution in [3.8, 4) is 0 Å². The fraction of sp³-hybridized carbons (Fsp3) is 0.400. The molecule has 8 heteroatoms. The molecule has 0 aromatic heterocycles. The average Bonchev–Trinajstić information content (AvgIpc) is 3.03. The van der Waals surface area contributed by atoms with Crippen molar-refractivity contribution in [3.63, 3.8) is 0 Å². The van der Waals surface area contributed by atoms with Crippen LogP contribution in [0, 0.1) is 0 Å². The molecule has 0 radical (unpaired) electrons. The number of amides is 4. The van der Waals surface area contributed by atoms with Crippen molar-refractivity contribution in [2.45, 2.75) is 51.0 Å². The van der Waals surface area contributed by atoms with Gasteiger partial charge in [0, 0.05) is 22.5 Å². The van der Waals surface area contributed by atoms with E-state index in [0.29, 0.717) is 35.0 Å². The quantitative estimate of drug-likeness (QED) is 0.447. The van der Waals surface area contributed by atoms with Crippen LogP contribution in [0.5, 0.6) is 0 Å². The van der Waals surface area contributed by atoms with Crippen LogP contribution in [0.2, 0.25) is 10.0 Å². The Morgan fingerprint density at radius 2 is 1.82 bits per heavy atom. The highest BCUT2D eigenvalue weighted by molar-refractivity contribution is 6.35. The first-order chi connectivity index (χ1) is 15.8. The molecule has 2 atom stereocenters. The molecular weight excluding hydrogens is 461 g/mol. The van der Waals surface area contributed by atoms with Crippen molar-refractivity contribution in [1.82, 2.24) is 15.5 Å². The van der Waals surface area contributed by atoms with E-state index in [-0.39, 0.29) is 12.5 Å². The molecule has 6 nitrogen and oxygen atoms in total. The van der Waals surface area contributed by atoms with Crippen molar-refractivity contribution in [1.29, 1.82) is 0 Å². The molecule has 1 aliphatic rings. The van der Waals surface area contributed by atoms with E-state index in [9.17, 15) is 14.4 Å². The fourth-order valence-electron chi connectivity index (χ4n) is 4.36. The standard InChI is InChI=1S/C25H29Cl2N3O3/c1-3-8-17(20-12-11-19(26)14-21(20)27)15-28-22(31)16-30-23(32)25(13-4-2,29-24(30)33)18-9-6-5-7-10-18/h5-7,9-12,14,17H,3-4,8,13,15-16H2,1-2H3,(H,28,31)(H,29,33). The van der Waals surface area contributed by atoms with Crippen molar-refractivity contribution >= 4 is 41.0 Å². The first kappa shape index (κ1) is 25.1. The van der Waals surface area contributed by atoms with Crippen LogP contribution >= 0.6 is 23.2 Å². The molecule has 1 saturated heterocycles. The number of carbonyl (C=O) groups excluding carboxylic acids is 3. The van der Waals surface area contributed by atoms with Gasteiger partial charge in [-0.3, -0.25) is 14.5 Å². The number of nitrogens with zero attached hydrogens (tertiary/aromatic N) is 1. The third-order valence-corrected chi connectivity index (χ3v) is 6.52. The smallest absolute Gasteiger partial charge is 0.325 e. The first-order valence-corrected chi connectivity index (χ1v) is 12.0. The van der Waals surface area contributed by atoms with Crippen LogP contribution in [0.25, 0.3) is 0 Å². The number of nitrogens with one attached hydrogen (secondary N) is 2. The molecule has 2 aromatic carbocycles. The molecular formula is C25H29Cl2N3O3. The second kappa shape index (κ2) is 11.0. The highest BCUT2D eigenvalue weighted by Crippen LogP contribution is 2.34. The summed E-state index contributed by atoms with van der Waals surface area (Å²) in [5, 5.41) is 6.82. The van der Waals surface area contributed by atoms with E-state index in [4.69, 9.17) is 23.2 Å². The zero-order valence-corrected chi connectivity index (χ0v) is 20.4. The summed E-state index contributed by atoms with van der Waals surface area (Å²) in [6, 6.07) is 13.9. The van der Waals surface area contributed by atoms with Gasteiger partial charge in [-0.15, -0.1) is 0 Å². The van der Waals surface area contributed by atoms with E-state index < -0.39 is 23.4 Å². The Kier molecular flexibility index (Phi) is 8.38. The van der Waals surface area contributed by atoms with Crippen molar-refractivity contribution in [2.75, 3.05) is 13.1 Å². The Morgan fingerprint density at radius 1 is 1.09 bits per heavy atom. The molecule has 1 aliphatic heterocycles. The van der Waals surface area contributed by atoms with Gasteiger partial charge in [-0.2, -0.15) is 0 Å². The molecule has 4 amide bonds. The highest BCUT2D eigenvalue weighted by Gasteiger charge is 2.52. The number of hydrogen-bond acceptors (Lipinski definition) is 3. The molecule has 0 spiro atoms. The molecule has 2 unspecified atom stereocenters. The van der Waals surface area contributed by atoms with Gasteiger partial charge >= 0.3 is 6.03 Å². The van der Waals surface area contributed by atoms with Crippen LogP contribution in [0.3, 0.4) is 0 Å². The van der Waals surface area contributed by atoms with E-state index in [1.807, 2.05) is 43.3 Å². The number of hydrogen-bond donors (Lipinski definition) is 2. The van der Waals surface area contributed by atoms with Gasteiger partial charge in [0.15, 0.2) is 0 Å². The maximum atomic E-state index is 13.3. The first-order valence-electron chi connectivity index (χ1n) is 11.2. The Morgan fingerprint density at radius 3 is 2.45 bits per heavy atom. The normalized spacial score (nSPS) is 18.8. The van der Waals surface area contributed by atoms with Gasteiger partial charge in [-0.05, 0) is 36.1 Å². The Bertz CT molecular complexity index is 1020. The number of benzene rings is 2. The van der Waals surface area contributed by atoms with Gasteiger partial charge in [0.05, 0.1) is 0 Å². The van der Waals surface area contributed by atoms with E-state index in [2.05, 4.69) is 17.6 Å². The molecule has 33 heavy (non-hydrogen) atoms. The van der Waals surface area contributed by atoms with E-state index in [0.717, 1.165) is 23.3 Å². The molecule has 2 aromatic rings. The summed E-state index contributed by atoms with van der Waals surface area (Å²) in [6.45, 7) is 4.02. The largest absolute Gasteiger partial charge is 0.354 e. The summed E-state index contributed by atoms with van der Waals surface area (Å²) in [5.74, 6) is -0.804. The van der Waals surface area contributed by atoms with Crippen molar-refractivity contribution in [2.24, 2.45) is 0 Å². The topological polar surface area (TPSA) is 78.5 Å². The SMILES string of the molecule is CCCC(CNC(=O)CN1C(=O)NC(CCC)(c2ccccc2)C1=O)c1ccc(Cl)cc1Cl. The van der Waals surface area contributed by atoms with E-state index in [1.165, 1.54) is 0 Å². The summed E-state index contributed by atoms with van der Waals surface area (Å²) in [7, 11) is 0. The van der Waals surface area contributed by atoms with Gasteiger partial charge < -0.3 is 10.6 Å². The lowest BCUT2D eigenvalue weighted by atomic mass is 9.85. The summed E-state index contributed by atoms with van der Waals surface area (Å²) >= 11 is 12.4. The maximum Gasteiger partial charge on any atom is 0.325 e. The minimum Gasteiger partial charge on any atom is -0.354 e. The zero-order valence-electron chi connectivity index (χ0n) is 18.9. The van der Waals surface area contributed by atoms with Crippen LogP contribution in [-0.2, 0) is 15.1 Å². The lowest BCUT2D eigenvalue weighted by molar-refractivity contribution is -0.135. The van der Waals surface area contributed by atoms with Crippen LogP contribution in [-0.4, -0.2) is 35.8 Å². The lowest BCUT2D eigenvalue weighted by Gasteiger charge is -2.27. The van der Waals surface area contributed by atoms with Gasteiger partial charge in [0.2, 0.25) is 5.91 Å². The molecule has 0 saturated carbocycles. The number of rotatable bonds is 10. The minimum absolute atomic E-state index is 0.00433. The zero-order chi connectivity index (χ0) is 24.0. The molecule has 3 rings (SSSR count). The number of urea groups is 1. The number of halogens is 2. The van der Waals surface area contributed by atoms with Crippen LogP contribution < -0.4 is 10.6 Å². The van der Waals surface area contributed by atoms with Gasteiger partial charge in [0.25, 0.3) is 5.91 Å². The predicted octanol–water partition coefficient (Wildman–Crippen LogP) is 5.24. The van der Waals surface area contributed by atoms with Crippen LogP contribution in [0.4, 0.5) is 4.79 Å². The summed E-state index contributed by atoms with van der Waals surface area (Å²) in [5.41, 5.74) is 0.479. The van der Waals surface area contributed by atoms with Crippen LogP contribution in [0.1, 0.15) is 56.6 Å². The molecule has 2 N–H and O–H groups in total. The molecule has 0 aliphatic carbocycles. The Balaban J connectivity index is 1.70. The predicted molar refractivity (Wildman–Crippen MR) is 130 cm³/mol. The maximum absolute atomic E-state index is 13.3. The summed E-state index contributed by atoms with van der Waals surface area (Å²) < 4.78 is 0. The third-order valence-electron chi connectivity index (χ3n) is 5.95. The average molecular weight is 490 g/mol. The molecule has 0 bridgehead atoms. The molecule has 1 heterocycles. The van der Waals surface area contributed by atoms with Gasteiger partial charge in [-0.25, -0.2) is 4.79 Å². The van der Waals surface area contributed by atoms with Gasteiger partial charge in [0.1, 0.15) is 12.1 Å². The Labute approximate surface area is 204 Å². The second-order valence-corrected chi connectivity index (χ2v) is 9.14. The molecule has 176 valence electrons. The fourth-order valence-corrected chi connectivity index (χ4v) is 4.92. The lowest BCUT2D eigenvalue weighted by Crippen LogP contribution is -2.45. The van der Waals surface area contributed by atoms with E-state index >= 15 is 0 Å². The Hall–Kier alpha value is -2.57. The monoisotopic (exact) mass is 489 g/mol. The van der Waals surface area contributed by atoms with E-state index in [1.54, 1.807) is 12.1 Å². The minimum atomic E-state index is -1.14. The van der Waals surface area contributed by atoms with Crippen molar-refractivity contribution < 1.29 is 14.4 Å². The highest BCUT2D eigenvalue weighted by atomic mass is 35.5. The third kappa shape index (κ3) is 5.50. The van der Waals surface area contributed by atoms with Gasteiger partial charge in [-0.1, -0.05) is 86.3 Å². The van der Waals surface area contributed by atoms with Crippen molar-refractivity contribution in [3.05, 3.63) is 69.7 Å². The number of carbonyl (C=O) groups is 3. The second-order valence-electron chi connectivity index (χ2n) is 8.30. The number of imide groups is 1. The summed E-state index contributed by atoms with van der Waals surface area (Å²) in [6.07, 6.45) is 2.87. The van der Waals surface area contributed by atoms with Crippen LogP contribution in [0.15, 0.2) is 48.5 Å². The summed E-state index contributed by atoms with van der Waals surface area (Å²) in [4.78, 5) is 39.8.